The fourth-order valence-corrected chi connectivity index (χ4v) is 11.9. The van der Waals surface area contributed by atoms with E-state index in [9.17, 15) is 14.6 Å². The summed E-state index contributed by atoms with van der Waals surface area (Å²) in [6.45, 7) is 14.2. The second kappa shape index (κ2) is 16.5. The van der Waals surface area contributed by atoms with Crippen LogP contribution in [0.3, 0.4) is 0 Å². The van der Waals surface area contributed by atoms with Crippen molar-refractivity contribution in [2.75, 3.05) is 62.7 Å². The van der Waals surface area contributed by atoms with E-state index < -0.39 is 5.60 Å². The number of aliphatic hydroxyl groups is 1. The highest BCUT2D eigenvalue weighted by Crippen LogP contribution is 2.50. The van der Waals surface area contributed by atoms with Crippen LogP contribution in [0.4, 0.5) is 15.8 Å². The highest BCUT2D eigenvalue weighted by Gasteiger charge is 2.37. The molecule has 0 bridgehead atoms. The molecule has 4 aliphatic rings. The number of hydrogen-bond acceptors (Lipinski definition) is 10. The summed E-state index contributed by atoms with van der Waals surface area (Å²) in [5.41, 5.74) is 10.4. The number of β-amino-alcohol motifs (C(OH)–C–C–N with tert-alkyl or cyclic N) is 1. The number of aromatic nitrogens is 3. The second-order valence-corrected chi connectivity index (χ2v) is 19.3. The average Bonchev–Trinajstić information content (AvgIpc) is 3.78. The first kappa shape index (κ1) is 41.5. The summed E-state index contributed by atoms with van der Waals surface area (Å²) in [6, 6.07) is 27.9. The number of fused-ring (bicyclic) bond motifs is 4. The number of benzene rings is 4. The number of thiophene rings is 1. The molecule has 1 aliphatic carbocycles. The number of rotatable bonds is 8. The van der Waals surface area contributed by atoms with Crippen molar-refractivity contribution in [3.05, 3.63) is 146 Å². The molecular weight excluding hydrogens is 810 g/mol. The number of hydrogen-bond donors (Lipinski definition) is 2. The molecule has 2 N–H and O–H groups in total. The van der Waals surface area contributed by atoms with Crippen molar-refractivity contribution < 1.29 is 19.3 Å². The summed E-state index contributed by atoms with van der Waals surface area (Å²) in [7, 11) is 1.73. The molecule has 5 heterocycles. The summed E-state index contributed by atoms with van der Waals surface area (Å²) in [4.78, 5) is 13.7. The number of aryl methyl sites for hydroxylation is 3. The Morgan fingerprint density at radius 3 is 2.32 bits per heavy atom. The van der Waals surface area contributed by atoms with Gasteiger partial charge in [-0.1, -0.05) is 36.4 Å². The van der Waals surface area contributed by atoms with Crippen molar-refractivity contribution in [2.24, 2.45) is 4.99 Å². The Morgan fingerprint density at radius 2 is 1.57 bits per heavy atom. The predicted octanol–water partition coefficient (Wildman–Crippen LogP) is 9.03. The van der Waals surface area contributed by atoms with Crippen LogP contribution in [0, 0.1) is 26.6 Å². The van der Waals surface area contributed by atoms with Crippen LogP contribution in [0.2, 0.25) is 0 Å². The van der Waals surface area contributed by atoms with E-state index in [-0.39, 0.29) is 29.4 Å². The predicted molar refractivity (Wildman–Crippen MR) is 249 cm³/mol. The van der Waals surface area contributed by atoms with Gasteiger partial charge in [-0.2, -0.15) is 0 Å². The van der Waals surface area contributed by atoms with Gasteiger partial charge in [0.15, 0.2) is 5.82 Å². The molecule has 10 nitrogen and oxygen atoms in total. The summed E-state index contributed by atoms with van der Waals surface area (Å²) in [6.07, 6.45) is 3.09. The Labute approximate surface area is 373 Å². The van der Waals surface area contributed by atoms with Gasteiger partial charge in [0.2, 0.25) is 0 Å². The lowest BCUT2D eigenvalue weighted by molar-refractivity contribution is -0.0173. The van der Waals surface area contributed by atoms with Crippen molar-refractivity contribution >= 4 is 28.4 Å². The maximum absolute atomic E-state index is 14.5. The average molecular weight is 866 g/mol. The highest BCUT2D eigenvalue weighted by molar-refractivity contribution is 7.15. The largest absolute Gasteiger partial charge is 0.508 e. The van der Waals surface area contributed by atoms with E-state index in [1.54, 1.807) is 36.6 Å². The van der Waals surface area contributed by atoms with Gasteiger partial charge in [-0.05, 0) is 124 Å². The Bertz CT molecular complexity index is 2690. The lowest BCUT2D eigenvalue weighted by Gasteiger charge is -2.44. The molecule has 2 saturated heterocycles. The van der Waals surface area contributed by atoms with Gasteiger partial charge in [0.1, 0.15) is 34.2 Å². The van der Waals surface area contributed by atoms with Crippen molar-refractivity contribution in [1.82, 2.24) is 19.7 Å². The molecule has 3 atom stereocenters. The van der Waals surface area contributed by atoms with E-state index in [4.69, 9.17) is 9.73 Å². The molecule has 0 amide bonds. The van der Waals surface area contributed by atoms with E-state index >= 15 is 0 Å². The van der Waals surface area contributed by atoms with Crippen LogP contribution in [0.15, 0.2) is 89.9 Å². The quantitative estimate of drug-likeness (QED) is 0.156. The zero-order chi connectivity index (χ0) is 43.6. The summed E-state index contributed by atoms with van der Waals surface area (Å²) in [5, 5.41) is 32.3. The van der Waals surface area contributed by atoms with E-state index in [0.717, 1.165) is 114 Å². The smallest absolute Gasteiger partial charge is 0.162 e. The number of piperidine rings is 1. The van der Waals surface area contributed by atoms with Gasteiger partial charge in [-0.15, -0.1) is 21.5 Å². The minimum Gasteiger partial charge on any atom is -0.508 e. The van der Waals surface area contributed by atoms with Crippen molar-refractivity contribution in [3.8, 4) is 16.5 Å². The molecule has 0 spiro atoms. The van der Waals surface area contributed by atoms with Gasteiger partial charge in [0.25, 0.3) is 0 Å². The molecule has 2 aromatic heterocycles. The fraction of sp³-hybridized carbons (Fsp3) is 0.392. The van der Waals surface area contributed by atoms with E-state index in [0.29, 0.717) is 19.4 Å². The lowest BCUT2D eigenvalue weighted by Crippen LogP contribution is -2.55. The maximum atomic E-state index is 14.5. The first-order valence-electron chi connectivity index (χ1n) is 22.4. The van der Waals surface area contributed by atoms with E-state index in [1.807, 2.05) is 25.1 Å². The molecule has 4 aromatic carbocycles. The van der Waals surface area contributed by atoms with Gasteiger partial charge < -0.3 is 24.7 Å². The minimum absolute atomic E-state index is 0.0488. The van der Waals surface area contributed by atoms with Crippen molar-refractivity contribution in [3.63, 3.8) is 0 Å². The van der Waals surface area contributed by atoms with Crippen LogP contribution in [0.25, 0.3) is 5.00 Å². The third kappa shape index (κ3) is 7.69. The number of anilines is 2. The first-order valence-corrected chi connectivity index (χ1v) is 23.2. The number of aromatic hydroxyl groups is 1. The number of halogens is 1. The number of aliphatic imine (C=N–C) groups is 1. The normalized spacial score (nSPS) is 21.0. The molecule has 2 fully saturated rings. The fourth-order valence-electron chi connectivity index (χ4n) is 10.7. The number of nitrogens with zero attached hydrogens (tertiary/aromatic N) is 7. The Morgan fingerprint density at radius 1 is 0.841 bits per heavy atom. The van der Waals surface area contributed by atoms with Crippen molar-refractivity contribution in [1.29, 1.82) is 0 Å². The standard InChI is InChI=1S/C51H56FN7O3S/c1-31-33(3)63-50-46(31)48(53-32(2)49-55-54-34(4)59(49)50)35-9-12-39(13-10-35)57-21-19-51(61,20-22-57)30-56-23-25-58(26-24-56)40-14-17-44(45(29-40)62-5)47-42(36-7-6-8-38(52)27-36)16-11-37-28-41(60)15-18-43(37)47/h6-10,12-15,17-18,27-29,32,42,47,60-61H,11,16,19-26,30H2,1-5H3/t32-,42+,47-/m0/s1. The molecule has 10 rings (SSSR count). The van der Waals surface area contributed by atoms with Crippen LogP contribution in [0.1, 0.15) is 99.5 Å². The van der Waals surface area contributed by atoms with Crippen LogP contribution in [0.5, 0.6) is 11.5 Å². The lowest BCUT2D eigenvalue weighted by atomic mass is 9.69. The number of ether oxygens (including phenoxy) is 1. The van der Waals surface area contributed by atoms with Gasteiger partial charge in [0.05, 0.1) is 18.4 Å². The van der Waals surface area contributed by atoms with Crippen LogP contribution >= 0.6 is 11.3 Å². The second-order valence-electron chi connectivity index (χ2n) is 18.1. The third-order valence-corrected chi connectivity index (χ3v) is 15.4. The van der Waals surface area contributed by atoms with E-state index in [1.165, 1.54) is 27.8 Å². The van der Waals surface area contributed by atoms with Gasteiger partial charge in [0, 0.05) is 90.7 Å². The zero-order valence-electron chi connectivity index (χ0n) is 36.8. The highest BCUT2D eigenvalue weighted by atomic mass is 32.1. The van der Waals surface area contributed by atoms with Crippen LogP contribution in [-0.2, 0) is 6.42 Å². The molecule has 0 unspecified atom stereocenters. The summed E-state index contributed by atoms with van der Waals surface area (Å²) < 4.78 is 22.8. The van der Waals surface area contributed by atoms with Gasteiger partial charge in [-0.3, -0.25) is 14.5 Å². The number of phenols is 1. The number of methoxy groups -OCH3 is 1. The van der Waals surface area contributed by atoms with Crippen molar-refractivity contribution in [2.45, 2.75) is 76.9 Å². The number of piperazine rings is 1. The first-order chi connectivity index (χ1) is 30.5. The third-order valence-electron chi connectivity index (χ3n) is 14.2. The SMILES string of the molecule is COc1cc(N2CCN(CC3(O)CCN(c4ccc(C5=N[C@@H](C)c6nnc(C)n6-c6sc(C)c(C)c65)cc4)CC3)CC2)ccc1[C@@H]1c2ccc(O)cc2CC[C@@H]1c1cccc(F)c1. The van der Waals surface area contributed by atoms with Gasteiger partial charge >= 0.3 is 0 Å². The monoisotopic (exact) mass is 865 g/mol. The van der Waals surface area contributed by atoms with E-state index in [2.05, 4.69) is 92.7 Å². The summed E-state index contributed by atoms with van der Waals surface area (Å²) in [5.74, 6) is 2.62. The van der Waals surface area contributed by atoms with Crippen LogP contribution < -0.4 is 14.5 Å². The maximum Gasteiger partial charge on any atom is 0.162 e. The molecule has 0 saturated carbocycles. The Kier molecular flexibility index (Phi) is 10.9. The molecular formula is C51H56FN7O3S. The molecule has 3 aliphatic heterocycles. The molecule has 326 valence electrons. The molecule has 6 aromatic rings. The number of phenolic OH excluding ortho intramolecular Hbond substituents is 1. The topological polar surface area (TPSA) is 102 Å². The van der Waals surface area contributed by atoms with Crippen LogP contribution in [-0.4, -0.2) is 94.1 Å². The minimum atomic E-state index is -0.734. The Hall–Kier alpha value is -5.56. The molecule has 63 heavy (non-hydrogen) atoms. The summed E-state index contributed by atoms with van der Waals surface area (Å²) >= 11 is 1.78. The molecule has 12 heteroatoms. The Balaban J connectivity index is 0.782. The van der Waals surface area contributed by atoms with Gasteiger partial charge in [-0.25, -0.2) is 4.39 Å². The zero-order valence-corrected chi connectivity index (χ0v) is 37.6. The molecule has 0 radical (unpaired) electrons.